The second-order valence-corrected chi connectivity index (χ2v) is 8.53. The van der Waals surface area contributed by atoms with Crippen molar-refractivity contribution in [2.24, 2.45) is 5.92 Å². The quantitative estimate of drug-likeness (QED) is 0.537. The lowest BCUT2D eigenvalue weighted by Gasteiger charge is -2.30. The average Bonchev–Trinajstić information content (AvgIpc) is 3.28. The molecule has 0 radical (unpaired) electrons. The Labute approximate surface area is 196 Å². The van der Waals surface area contributed by atoms with Gasteiger partial charge >= 0.3 is 5.97 Å². The van der Waals surface area contributed by atoms with E-state index in [4.69, 9.17) is 20.9 Å². The van der Waals surface area contributed by atoms with Crippen LogP contribution in [0, 0.1) is 12.8 Å². The topological polar surface area (TPSA) is 97.6 Å². The van der Waals surface area contributed by atoms with Crippen molar-refractivity contribution in [3.63, 3.8) is 0 Å². The van der Waals surface area contributed by atoms with Crippen molar-refractivity contribution < 1.29 is 18.8 Å². The molecule has 1 unspecified atom stereocenters. The van der Waals surface area contributed by atoms with Crippen molar-refractivity contribution in [1.82, 2.24) is 15.0 Å². The molecule has 0 saturated carbocycles. The summed E-state index contributed by atoms with van der Waals surface area (Å²) in [4.78, 5) is 31.4. The number of ether oxygens (including phenoxy) is 1. The Bertz CT molecular complexity index is 1150. The van der Waals surface area contributed by atoms with Gasteiger partial charge in [0.2, 0.25) is 17.6 Å². The molecule has 1 saturated heterocycles. The summed E-state index contributed by atoms with van der Waals surface area (Å²) in [7, 11) is 1.29. The summed E-state index contributed by atoms with van der Waals surface area (Å²) in [5.74, 6) is 0.219. The van der Waals surface area contributed by atoms with Crippen LogP contribution in [0.2, 0.25) is 5.02 Å². The fourth-order valence-electron chi connectivity index (χ4n) is 3.86. The smallest absolute Gasteiger partial charge is 0.339 e. The highest BCUT2D eigenvalue weighted by atomic mass is 35.5. The van der Waals surface area contributed by atoms with E-state index in [-0.39, 0.29) is 22.4 Å². The summed E-state index contributed by atoms with van der Waals surface area (Å²) in [5.41, 5.74) is 2.78. The fourth-order valence-corrected chi connectivity index (χ4v) is 4.05. The second-order valence-electron chi connectivity index (χ2n) is 8.13. The van der Waals surface area contributed by atoms with Gasteiger partial charge in [0, 0.05) is 17.8 Å². The number of esters is 1. The van der Waals surface area contributed by atoms with Crippen LogP contribution in [0.1, 0.15) is 34.7 Å². The van der Waals surface area contributed by atoms with Gasteiger partial charge in [-0.2, -0.15) is 4.98 Å². The lowest BCUT2D eigenvalue weighted by atomic mass is 9.97. The molecule has 1 amide bonds. The third kappa shape index (κ3) is 5.58. The van der Waals surface area contributed by atoms with E-state index in [9.17, 15) is 9.59 Å². The van der Waals surface area contributed by atoms with E-state index in [1.807, 2.05) is 31.2 Å². The van der Waals surface area contributed by atoms with Crippen molar-refractivity contribution in [2.75, 3.05) is 25.5 Å². The first-order valence-electron chi connectivity index (χ1n) is 10.7. The molecule has 1 fully saturated rings. The zero-order chi connectivity index (χ0) is 23.4. The predicted molar refractivity (Wildman–Crippen MR) is 124 cm³/mol. The number of halogens is 1. The molecule has 2 aromatic carbocycles. The monoisotopic (exact) mass is 468 g/mol. The zero-order valence-corrected chi connectivity index (χ0v) is 19.3. The van der Waals surface area contributed by atoms with Crippen molar-refractivity contribution >= 4 is 29.2 Å². The highest BCUT2D eigenvalue weighted by Gasteiger charge is 2.27. The van der Waals surface area contributed by atoms with E-state index in [1.54, 1.807) is 12.1 Å². The van der Waals surface area contributed by atoms with E-state index in [1.165, 1.54) is 18.7 Å². The Morgan fingerprint density at radius 3 is 2.79 bits per heavy atom. The van der Waals surface area contributed by atoms with E-state index in [0.717, 1.165) is 24.9 Å². The molecular weight excluding hydrogens is 444 g/mol. The molecule has 0 aliphatic carbocycles. The number of rotatable bonds is 6. The number of piperidine rings is 1. The number of benzene rings is 2. The molecule has 172 valence electrons. The molecule has 0 bridgehead atoms. The summed E-state index contributed by atoms with van der Waals surface area (Å²) in [5, 5.41) is 7.25. The third-order valence-corrected chi connectivity index (χ3v) is 5.98. The summed E-state index contributed by atoms with van der Waals surface area (Å²) in [6.07, 6.45) is 1.66. The predicted octanol–water partition coefficient (Wildman–Crippen LogP) is 4.34. The Balaban J connectivity index is 1.37. The first kappa shape index (κ1) is 22.9. The Morgan fingerprint density at radius 1 is 1.24 bits per heavy atom. The number of nitrogens with zero attached hydrogens (tertiary/aromatic N) is 3. The van der Waals surface area contributed by atoms with Gasteiger partial charge in [0.25, 0.3) is 0 Å². The summed E-state index contributed by atoms with van der Waals surface area (Å²) >= 11 is 6.06. The Kier molecular flexibility index (Phi) is 7.05. The van der Waals surface area contributed by atoms with E-state index in [2.05, 4.69) is 20.4 Å². The van der Waals surface area contributed by atoms with Gasteiger partial charge in [-0.15, -0.1) is 0 Å². The van der Waals surface area contributed by atoms with Crippen LogP contribution in [-0.2, 0) is 16.1 Å². The van der Waals surface area contributed by atoms with Gasteiger partial charge in [0.05, 0.1) is 30.2 Å². The number of hydrogen-bond acceptors (Lipinski definition) is 7. The van der Waals surface area contributed by atoms with Gasteiger partial charge in [-0.25, -0.2) is 4.79 Å². The largest absolute Gasteiger partial charge is 0.465 e. The number of amides is 1. The molecule has 8 nitrogen and oxygen atoms in total. The molecule has 1 atom stereocenters. The van der Waals surface area contributed by atoms with Crippen LogP contribution in [0.25, 0.3) is 11.4 Å². The van der Waals surface area contributed by atoms with Gasteiger partial charge in [-0.3, -0.25) is 9.69 Å². The molecule has 2 heterocycles. The van der Waals surface area contributed by atoms with Crippen LogP contribution in [0.3, 0.4) is 0 Å². The number of hydrogen-bond donors (Lipinski definition) is 1. The van der Waals surface area contributed by atoms with Crippen molar-refractivity contribution in [2.45, 2.75) is 26.3 Å². The van der Waals surface area contributed by atoms with Crippen LogP contribution in [0.4, 0.5) is 5.69 Å². The van der Waals surface area contributed by atoms with Gasteiger partial charge in [-0.1, -0.05) is 46.6 Å². The van der Waals surface area contributed by atoms with Crippen molar-refractivity contribution in [1.29, 1.82) is 0 Å². The molecule has 9 heteroatoms. The number of carbonyl (C=O) groups is 2. The molecular formula is C24H25ClN4O4. The fraction of sp³-hybridized carbons (Fsp3) is 0.333. The van der Waals surface area contributed by atoms with Crippen LogP contribution in [0.5, 0.6) is 0 Å². The minimum Gasteiger partial charge on any atom is -0.465 e. The number of likely N-dealkylation sites (tertiary alicyclic amines) is 1. The first-order valence-corrected chi connectivity index (χ1v) is 11.1. The average molecular weight is 469 g/mol. The second kappa shape index (κ2) is 10.1. The maximum Gasteiger partial charge on any atom is 0.339 e. The standard InChI is InChI=1S/C24H25ClN4O4/c1-15-5-7-16(8-6-15)22-27-21(33-28-22)14-29-11-3-4-17(13-29)23(30)26-18-9-10-20(25)19(12-18)24(31)32-2/h5-10,12,17H,3-4,11,13-14H2,1-2H3,(H,26,30). The summed E-state index contributed by atoms with van der Waals surface area (Å²) < 4.78 is 10.2. The number of aryl methyl sites for hydroxylation is 1. The summed E-state index contributed by atoms with van der Waals surface area (Å²) in [6, 6.07) is 12.7. The van der Waals surface area contributed by atoms with Gasteiger partial charge in [0.15, 0.2) is 0 Å². The number of aromatic nitrogens is 2. The first-order chi connectivity index (χ1) is 15.9. The lowest BCUT2D eigenvalue weighted by Crippen LogP contribution is -2.40. The minimum absolute atomic E-state index is 0.108. The Hall–Kier alpha value is -3.23. The SMILES string of the molecule is COC(=O)c1cc(NC(=O)C2CCCN(Cc3nc(-c4ccc(C)cc4)no3)C2)ccc1Cl. The highest BCUT2D eigenvalue weighted by molar-refractivity contribution is 6.33. The maximum atomic E-state index is 12.9. The van der Waals surface area contributed by atoms with Crippen molar-refractivity contribution in [3.05, 3.63) is 64.5 Å². The molecule has 3 aromatic rings. The Morgan fingerprint density at radius 2 is 2.03 bits per heavy atom. The molecule has 1 aliphatic heterocycles. The number of methoxy groups -OCH3 is 1. The molecule has 1 aromatic heterocycles. The number of anilines is 1. The van der Waals surface area contributed by atoms with Gasteiger partial charge < -0.3 is 14.6 Å². The molecule has 1 N–H and O–H groups in total. The van der Waals surface area contributed by atoms with E-state index < -0.39 is 5.97 Å². The van der Waals surface area contributed by atoms with E-state index in [0.29, 0.717) is 30.5 Å². The van der Waals surface area contributed by atoms with Crippen LogP contribution in [-0.4, -0.2) is 47.1 Å². The molecule has 0 spiro atoms. The lowest BCUT2D eigenvalue weighted by molar-refractivity contribution is -0.121. The van der Waals surface area contributed by atoms with Crippen LogP contribution < -0.4 is 5.32 Å². The van der Waals surface area contributed by atoms with Gasteiger partial charge in [-0.05, 0) is 44.5 Å². The number of carbonyl (C=O) groups excluding carboxylic acids is 2. The summed E-state index contributed by atoms with van der Waals surface area (Å²) in [6.45, 7) is 3.93. The zero-order valence-electron chi connectivity index (χ0n) is 18.5. The van der Waals surface area contributed by atoms with Gasteiger partial charge in [0.1, 0.15) is 0 Å². The number of nitrogens with one attached hydrogen (secondary N) is 1. The van der Waals surface area contributed by atoms with Crippen molar-refractivity contribution in [3.8, 4) is 11.4 Å². The van der Waals surface area contributed by atoms with Crippen LogP contribution in [0.15, 0.2) is 47.0 Å². The van der Waals surface area contributed by atoms with Crippen LogP contribution >= 0.6 is 11.6 Å². The maximum absolute atomic E-state index is 12.9. The molecule has 4 rings (SSSR count). The highest BCUT2D eigenvalue weighted by Crippen LogP contribution is 2.24. The van der Waals surface area contributed by atoms with E-state index >= 15 is 0 Å². The third-order valence-electron chi connectivity index (χ3n) is 5.65. The molecule has 1 aliphatic rings. The molecule has 33 heavy (non-hydrogen) atoms. The normalized spacial score (nSPS) is 16.4. The minimum atomic E-state index is -0.551.